The molecule has 3 rings (SSSR count). The van der Waals surface area contributed by atoms with E-state index in [1.807, 2.05) is 12.1 Å². The molecule has 0 aliphatic heterocycles. The van der Waals surface area contributed by atoms with Gasteiger partial charge in [0.15, 0.2) is 5.78 Å². The largest absolute Gasteiger partial charge is 0.288 e. The van der Waals surface area contributed by atoms with Crippen molar-refractivity contribution >= 4 is 21.7 Å². The highest BCUT2D eigenvalue weighted by Gasteiger charge is 2.26. The average molecular weight is 261 g/mol. The van der Waals surface area contributed by atoms with Crippen molar-refractivity contribution < 1.29 is 4.79 Å². The Balaban J connectivity index is 2.39. The fourth-order valence-electron chi connectivity index (χ4n) is 1.79. The molecule has 0 unspecified atom stereocenters. The number of carbonyl (C=O) groups excluding carboxylic acids is 1. The van der Waals surface area contributed by atoms with Crippen LogP contribution in [0.3, 0.4) is 0 Å². The van der Waals surface area contributed by atoms with E-state index >= 15 is 0 Å². The Labute approximate surface area is 94.3 Å². The quantitative estimate of drug-likeness (QED) is 0.584. The van der Waals surface area contributed by atoms with E-state index in [4.69, 9.17) is 0 Å². The normalized spacial score (nSPS) is 12.5. The summed E-state index contributed by atoms with van der Waals surface area (Å²) in [5.41, 5.74) is 3.18. The monoisotopic (exact) mass is 260 g/mol. The Bertz CT molecular complexity index is 581. The molecule has 15 heavy (non-hydrogen) atoms. The number of aromatic nitrogens is 2. The maximum atomic E-state index is 11.9. The van der Waals surface area contributed by atoms with Crippen LogP contribution in [-0.2, 0) is 0 Å². The van der Waals surface area contributed by atoms with Gasteiger partial charge in [0.25, 0.3) is 0 Å². The van der Waals surface area contributed by atoms with Crippen molar-refractivity contribution in [2.45, 2.75) is 0 Å². The predicted octanol–water partition coefficient (Wildman–Crippen LogP) is 2.45. The molecule has 2 aromatic heterocycles. The lowest BCUT2D eigenvalue weighted by atomic mass is 10.1. The molecule has 0 saturated carbocycles. The van der Waals surface area contributed by atoms with Crippen LogP contribution in [0, 0.1) is 0 Å². The van der Waals surface area contributed by atoms with Crippen LogP contribution in [0.2, 0.25) is 0 Å². The number of hydrogen-bond acceptors (Lipinski definition) is 3. The smallest absolute Gasteiger partial charge is 0.197 e. The first-order valence-corrected chi connectivity index (χ1v) is 5.21. The summed E-state index contributed by atoms with van der Waals surface area (Å²) in [5, 5.41) is 0. The van der Waals surface area contributed by atoms with Gasteiger partial charge in [0.1, 0.15) is 4.60 Å². The Morgan fingerprint density at radius 2 is 1.87 bits per heavy atom. The number of fused-ring (bicyclic) bond motifs is 3. The van der Waals surface area contributed by atoms with Crippen molar-refractivity contribution in [1.29, 1.82) is 0 Å². The summed E-state index contributed by atoms with van der Waals surface area (Å²) in [7, 11) is 0. The number of halogens is 1. The van der Waals surface area contributed by atoms with Gasteiger partial charge < -0.3 is 0 Å². The topological polar surface area (TPSA) is 42.9 Å². The Morgan fingerprint density at radius 1 is 1.07 bits per heavy atom. The molecule has 0 bridgehead atoms. The standard InChI is InChI=1S/C11H5BrN2O/c12-10-3-7-6-1-2-13-4-8(6)11(15)9(7)5-14-10/h1-5H. The van der Waals surface area contributed by atoms with Crippen molar-refractivity contribution in [2.75, 3.05) is 0 Å². The Kier molecular flexibility index (Phi) is 1.73. The molecule has 0 aromatic carbocycles. The number of rotatable bonds is 0. The minimum Gasteiger partial charge on any atom is -0.288 e. The zero-order valence-corrected chi connectivity index (χ0v) is 9.15. The van der Waals surface area contributed by atoms with Crippen LogP contribution in [0.1, 0.15) is 15.9 Å². The van der Waals surface area contributed by atoms with Crippen LogP contribution in [0.5, 0.6) is 0 Å². The summed E-state index contributed by atoms with van der Waals surface area (Å²) in [5.74, 6) is 0.00750. The number of carbonyl (C=O) groups is 1. The Hall–Kier alpha value is -1.55. The molecule has 0 spiro atoms. The van der Waals surface area contributed by atoms with Gasteiger partial charge in [-0.25, -0.2) is 4.98 Å². The molecule has 1 aliphatic carbocycles. The van der Waals surface area contributed by atoms with Crippen molar-refractivity contribution in [1.82, 2.24) is 9.97 Å². The fourth-order valence-corrected chi connectivity index (χ4v) is 2.12. The summed E-state index contributed by atoms with van der Waals surface area (Å²) in [6, 6.07) is 3.71. The molecule has 0 N–H and O–H groups in total. The summed E-state index contributed by atoms with van der Waals surface area (Å²) < 4.78 is 0.735. The van der Waals surface area contributed by atoms with Gasteiger partial charge in [-0.1, -0.05) is 0 Å². The fraction of sp³-hybridized carbons (Fsp3) is 0. The molecule has 72 valence electrons. The molecular weight excluding hydrogens is 256 g/mol. The second kappa shape index (κ2) is 2.97. The first-order chi connectivity index (χ1) is 7.27. The summed E-state index contributed by atoms with van der Waals surface area (Å²) in [6.07, 6.45) is 4.89. The minimum absolute atomic E-state index is 0.00750. The second-order valence-corrected chi connectivity index (χ2v) is 4.12. The van der Waals surface area contributed by atoms with Gasteiger partial charge in [-0.3, -0.25) is 9.78 Å². The summed E-state index contributed by atoms with van der Waals surface area (Å²) in [4.78, 5) is 19.9. The molecule has 1 aliphatic rings. The highest BCUT2D eigenvalue weighted by molar-refractivity contribution is 9.10. The molecule has 0 radical (unpaired) electrons. The van der Waals surface area contributed by atoms with E-state index in [0.29, 0.717) is 11.1 Å². The van der Waals surface area contributed by atoms with E-state index in [9.17, 15) is 4.79 Å². The zero-order valence-electron chi connectivity index (χ0n) is 7.57. The lowest BCUT2D eigenvalue weighted by Crippen LogP contribution is -1.95. The maximum absolute atomic E-state index is 11.9. The molecule has 0 atom stereocenters. The summed E-state index contributed by atoms with van der Waals surface area (Å²) >= 11 is 3.30. The van der Waals surface area contributed by atoms with Gasteiger partial charge in [0.05, 0.1) is 0 Å². The van der Waals surface area contributed by atoms with Crippen molar-refractivity contribution in [3.05, 3.63) is 46.5 Å². The average Bonchev–Trinajstić information content (AvgIpc) is 2.54. The number of pyridine rings is 2. The maximum Gasteiger partial charge on any atom is 0.197 e. The van der Waals surface area contributed by atoms with Crippen LogP contribution in [0.4, 0.5) is 0 Å². The number of ketones is 1. The first-order valence-electron chi connectivity index (χ1n) is 4.42. The van der Waals surface area contributed by atoms with E-state index in [2.05, 4.69) is 25.9 Å². The second-order valence-electron chi connectivity index (χ2n) is 3.30. The van der Waals surface area contributed by atoms with Crippen LogP contribution < -0.4 is 0 Å². The molecule has 3 nitrogen and oxygen atoms in total. The third kappa shape index (κ3) is 1.15. The molecule has 2 heterocycles. The third-order valence-corrected chi connectivity index (χ3v) is 2.90. The highest BCUT2D eigenvalue weighted by atomic mass is 79.9. The van der Waals surface area contributed by atoms with Crippen LogP contribution in [-0.4, -0.2) is 15.8 Å². The third-order valence-electron chi connectivity index (χ3n) is 2.47. The van der Waals surface area contributed by atoms with Crippen molar-refractivity contribution in [2.24, 2.45) is 0 Å². The van der Waals surface area contributed by atoms with Gasteiger partial charge in [0.2, 0.25) is 0 Å². The van der Waals surface area contributed by atoms with Crippen molar-refractivity contribution in [3.8, 4) is 11.1 Å². The van der Waals surface area contributed by atoms with E-state index in [1.54, 1.807) is 18.6 Å². The minimum atomic E-state index is 0.00750. The number of nitrogens with zero attached hydrogens (tertiary/aromatic N) is 2. The van der Waals surface area contributed by atoms with Gasteiger partial charge >= 0.3 is 0 Å². The van der Waals surface area contributed by atoms with Crippen LogP contribution in [0.25, 0.3) is 11.1 Å². The zero-order chi connectivity index (χ0) is 10.4. The van der Waals surface area contributed by atoms with Gasteiger partial charge in [-0.05, 0) is 39.2 Å². The predicted molar refractivity (Wildman–Crippen MR) is 58.6 cm³/mol. The lowest BCUT2D eigenvalue weighted by Gasteiger charge is -1.98. The molecule has 0 fully saturated rings. The van der Waals surface area contributed by atoms with Crippen LogP contribution in [0.15, 0.2) is 35.3 Å². The van der Waals surface area contributed by atoms with Gasteiger partial charge in [-0.2, -0.15) is 0 Å². The summed E-state index contributed by atoms with van der Waals surface area (Å²) in [6.45, 7) is 0. The highest BCUT2D eigenvalue weighted by Crippen LogP contribution is 2.36. The number of hydrogen-bond donors (Lipinski definition) is 0. The molecular formula is C11H5BrN2O. The first kappa shape index (κ1) is 8.73. The molecule has 4 heteroatoms. The molecule has 0 amide bonds. The van der Waals surface area contributed by atoms with E-state index in [0.717, 1.165) is 15.7 Å². The van der Waals surface area contributed by atoms with E-state index in [1.165, 1.54) is 0 Å². The van der Waals surface area contributed by atoms with E-state index < -0.39 is 0 Å². The SMILES string of the molecule is O=C1c2cnccc2-c2cc(Br)ncc21. The van der Waals surface area contributed by atoms with E-state index in [-0.39, 0.29) is 5.78 Å². The van der Waals surface area contributed by atoms with Gasteiger partial charge in [-0.15, -0.1) is 0 Å². The Morgan fingerprint density at radius 3 is 2.73 bits per heavy atom. The molecule has 0 saturated heterocycles. The lowest BCUT2D eigenvalue weighted by molar-refractivity contribution is 0.104. The molecule has 2 aromatic rings. The van der Waals surface area contributed by atoms with Gasteiger partial charge in [0, 0.05) is 29.7 Å². The van der Waals surface area contributed by atoms with Crippen LogP contribution >= 0.6 is 15.9 Å². The van der Waals surface area contributed by atoms with Crippen molar-refractivity contribution in [3.63, 3.8) is 0 Å².